The average molecular weight is 345 g/mol. The fourth-order valence-electron chi connectivity index (χ4n) is 1.49. The highest BCUT2D eigenvalue weighted by molar-refractivity contribution is 6.29. The molecule has 0 aliphatic heterocycles. The molecule has 3 aromatic rings. The van der Waals surface area contributed by atoms with Crippen LogP contribution in [0.3, 0.4) is 0 Å². The molecule has 3 rings (SSSR count). The molecule has 0 aromatic carbocycles. The summed E-state index contributed by atoms with van der Waals surface area (Å²) >= 11 is 5.63. The first kappa shape index (κ1) is 16.9. The number of hydrogen-bond donors (Lipinski definition) is 1. The number of nitrogens with one attached hydrogen (secondary N) is 1. The molecule has 3 heterocycles. The second kappa shape index (κ2) is 7.19. The van der Waals surface area contributed by atoms with Crippen LogP contribution in [-0.2, 0) is 6.18 Å². The molecule has 0 amide bonds. The van der Waals surface area contributed by atoms with E-state index < -0.39 is 17.7 Å². The van der Waals surface area contributed by atoms with E-state index in [9.17, 15) is 17.6 Å². The van der Waals surface area contributed by atoms with E-state index in [0.717, 1.165) is 12.3 Å². The van der Waals surface area contributed by atoms with Gasteiger partial charge in [0.2, 0.25) is 5.95 Å². The normalized spacial score (nSPS) is 10.8. The summed E-state index contributed by atoms with van der Waals surface area (Å²) in [5.74, 6) is 0.0684. The van der Waals surface area contributed by atoms with Gasteiger partial charge in [-0.1, -0.05) is 11.6 Å². The molecule has 1 N–H and O–H groups in total. The molecule has 0 aliphatic rings. The lowest BCUT2D eigenvalue weighted by Gasteiger charge is -2.03. The Morgan fingerprint density at radius 3 is 2.22 bits per heavy atom. The molecule has 0 saturated carbocycles. The van der Waals surface area contributed by atoms with Gasteiger partial charge >= 0.3 is 6.18 Å². The van der Waals surface area contributed by atoms with Crippen molar-refractivity contribution in [2.45, 2.75) is 6.18 Å². The molecule has 9 heteroatoms. The van der Waals surface area contributed by atoms with Gasteiger partial charge in [0.1, 0.15) is 11.0 Å². The first-order valence-electron chi connectivity index (χ1n) is 6.16. The Labute approximate surface area is 133 Å². The predicted molar refractivity (Wildman–Crippen MR) is 76.0 cm³/mol. The van der Waals surface area contributed by atoms with E-state index >= 15 is 0 Å². The average Bonchev–Trinajstić information content (AvgIpc) is 2.95. The highest BCUT2D eigenvalue weighted by atomic mass is 35.5. The molecular weight excluding hydrogens is 336 g/mol. The number of alkyl halides is 3. The lowest BCUT2D eigenvalue weighted by atomic mass is 10.3. The van der Waals surface area contributed by atoms with Gasteiger partial charge in [-0.25, -0.2) is 9.97 Å². The number of halogens is 5. The minimum absolute atomic E-state index is 0.444. The summed E-state index contributed by atoms with van der Waals surface area (Å²) in [6.45, 7) is 0. The Morgan fingerprint density at radius 1 is 1.00 bits per heavy atom. The van der Waals surface area contributed by atoms with E-state index in [2.05, 4.69) is 19.9 Å². The summed E-state index contributed by atoms with van der Waals surface area (Å²) < 4.78 is 47.7. The minimum Gasteiger partial charge on any atom is -0.329 e. The third-order valence-electron chi connectivity index (χ3n) is 2.53. The number of rotatable bonds is 1. The van der Waals surface area contributed by atoms with Crippen LogP contribution in [0, 0.1) is 5.95 Å². The maximum absolute atomic E-state index is 12.4. The van der Waals surface area contributed by atoms with Gasteiger partial charge in [-0.2, -0.15) is 17.6 Å². The van der Waals surface area contributed by atoms with Crippen LogP contribution < -0.4 is 0 Å². The topological polar surface area (TPSA) is 54.5 Å². The van der Waals surface area contributed by atoms with Gasteiger partial charge in [-0.15, -0.1) is 0 Å². The Balaban J connectivity index is 0.000000174. The molecule has 0 fully saturated rings. The van der Waals surface area contributed by atoms with Crippen molar-refractivity contribution in [3.8, 4) is 11.4 Å². The monoisotopic (exact) mass is 344 g/mol. The number of imidazole rings is 1. The number of aromatic nitrogens is 4. The third kappa shape index (κ3) is 5.03. The van der Waals surface area contributed by atoms with E-state index in [1.807, 2.05) is 0 Å². The molecular formula is C14H9ClF4N4. The standard InChI is InChI=1S/C8H5ClFN3.C6H4F3N/c9-6-4-12-8(13-6)5-1-2-7(10)11-3-5;7-6(8,9)5-2-1-3-10-4-5/h1-4H,(H,12,13);1-4H. The quantitative estimate of drug-likeness (QED) is 0.527. The molecule has 0 bridgehead atoms. The fraction of sp³-hybridized carbons (Fsp3) is 0.0714. The summed E-state index contributed by atoms with van der Waals surface area (Å²) in [4.78, 5) is 13.6. The third-order valence-corrected chi connectivity index (χ3v) is 2.73. The second-order valence-electron chi connectivity index (χ2n) is 4.19. The van der Waals surface area contributed by atoms with Crippen LogP contribution in [0.1, 0.15) is 5.56 Å². The van der Waals surface area contributed by atoms with E-state index in [4.69, 9.17) is 11.6 Å². The maximum atomic E-state index is 12.4. The molecule has 23 heavy (non-hydrogen) atoms. The van der Waals surface area contributed by atoms with E-state index in [1.54, 1.807) is 6.07 Å². The van der Waals surface area contributed by atoms with Crippen molar-refractivity contribution in [3.05, 3.63) is 65.7 Å². The number of aromatic amines is 1. The summed E-state index contributed by atoms with van der Waals surface area (Å²) in [5, 5.41) is 0.444. The van der Waals surface area contributed by atoms with Gasteiger partial charge in [-0.05, 0) is 24.3 Å². The van der Waals surface area contributed by atoms with Crippen LogP contribution in [0.2, 0.25) is 5.15 Å². The van der Waals surface area contributed by atoms with Gasteiger partial charge in [0, 0.05) is 24.2 Å². The summed E-state index contributed by atoms with van der Waals surface area (Å²) in [7, 11) is 0. The number of pyridine rings is 2. The van der Waals surface area contributed by atoms with Crippen LogP contribution in [0.4, 0.5) is 17.6 Å². The Kier molecular flexibility index (Phi) is 5.28. The van der Waals surface area contributed by atoms with Crippen molar-refractivity contribution in [2.75, 3.05) is 0 Å². The van der Waals surface area contributed by atoms with E-state index in [0.29, 0.717) is 16.5 Å². The highest BCUT2D eigenvalue weighted by Gasteiger charge is 2.30. The van der Waals surface area contributed by atoms with Crippen molar-refractivity contribution >= 4 is 11.6 Å². The second-order valence-corrected chi connectivity index (χ2v) is 4.60. The molecule has 120 valence electrons. The molecule has 4 nitrogen and oxygen atoms in total. The number of nitrogens with zero attached hydrogens (tertiary/aromatic N) is 3. The minimum atomic E-state index is -4.27. The summed E-state index contributed by atoms with van der Waals surface area (Å²) in [6, 6.07) is 5.08. The Morgan fingerprint density at radius 2 is 1.78 bits per heavy atom. The number of hydrogen-bond acceptors (Lipinski definition) is 3. The molecule has 3 aromatic heterocycles. The highest BCUT2D eigenvalue weighted by Crippen LogP contribution is 2.27. The maximum Gasteiger partial charge on any atom is 0.417 e. The number of H-pyrrole nitrogens is 1. The van der Waals surface area contributed by atoms with Crippen molar-refractivity contribution in [2.24, 2.45) is 0 Å². The van der Waals surface area contributed by atoms with Crippen LogP contribution >= 0.6 is 11.6 Å². The Hall–Kier alpha value is -2.48. The van der Waals surface area contributed by atoms with Crippen LogP contribution in [-0.4, -0.2) is 19.9 Å². The molecule has 0 aliphatic carbocycles. The SMILES string of the molecule is FC(F)(F)c1cccnc1.Fc1ccc(-c2ncc(Cl)[nH]2)cn1. The molecule has 0 radical (unpaired) electrons. The van der Waals surface area contributed by atoms with Crippen molar-refractivity contribution in [1.82, 2.24) is 19.9 Å². The van der Waals surface area contributed by atoms with Crippen LogP contribution in [0.15, 0.2) is 49.1 Å². The van der Waals surface area contributed by atoms with E-state index in [-0.39, 0.29) is 0 Å². The molecule has 0 unspecified atom stereocenters. The van der Waals surface area contributed by atoms with Crippen LogP contribution in [0.5, 0.6) is 0 Å². The smallest absolute Gasteiger partial charge is 0.329 e. The van der Waals surface area contributed by atoms with Gasteiger partial charge in [0.05, 0.1) is 11.8 Å². The lowest BCUT2D eigenvalue weighted by Crippen LogP contribution is -2.04. The van der Waals surface area contributed by atoms with Gasteiger partial charge in [0.15, 0.2) is 0 Å². The van der Waals surface area contributed by atoms with E-state index in [1.165, 1.54) is 30.7 Å². The zero-order valence-corrected chi connectivity index (χ0v) is 12.1. The molecule has 0 atom stereocenters. The van der Waals surface area contributed by atoms with Gasteiger partial charge < -0.3 is 4.98 Å². The molecule has 0 saturated heterocycles. The van der Waals surface area contributed by atoms with Gasteiger partial charge in [-0.3, -0.25) is 4.98 Å². The fourth-order valence-corrected chi connectivity index (χ4v) is 1.63. The summed E-state index contributed by atoms with van der Waals surface area (Å²) in [5.41, 5.74) is -0.0108. The first-order chi connectivity index (χ1) is 10.9. The van der Waals surface area contributed by atoms with Crippen LogP contribution in [0.25, 0.3) is 11.4 Å². The van der Waals surface area contributed by atoms with Crippen molar-refractivity contribution < 1.29 is 17.6 Å². The largest absolute Gasteiger partial charge is 0.417 e. The van der Waals surface area contributed by atoms with Crippen molar-refractivity contribution in [1.29, 1.82) is 0 Å². The zero-order chi connectivity index (χ0) is 16.9. The van der Waals surface area contributed by atoms with Gasteiger partial charge in [0.25, 0.3) is 0 Å². The first-order valence-corrected chi connectivity index (χ1v) is 6.53. The Bertz CT molecular complexity index is 741. The lowest BCUT2D eigenvalue weighted by molar-refractivity contribution is -0.137. The summed E-state index contributed by atoms with van der Waals surface area (Å²) in [6.07, 6.45) is 0.703. The predicted octanol–water partition coefficient (Wildman–Crippen LogP) is 4.36. The van der Waals surface area contributed by atoms with Crippen molar-refractivity contribution in [3.63, 3.8) is 0 Å². The molecule has 0 spiro atoms. The zero-order valence-electron chi connectivity index (χ0n) is 11.4.